The second-order valence-electron chi connectivity index (χ2n) is 6.93. The number of aromatic nitrogens is 5. The number of amides is 1. The lowest BCUT2D eigenvalue weighted by Crippen LogP contribution is -2.24. The van der Waals surface area contributed by atoms with Crippen molar-refractivity contribution in [3.05, 3.63) is 52.9 Å². The molecule has 0 saturated heterocycles. The molecule has 2 heterocycles. The molecule has 1 N–H and O–H groups in total. The predicted octanol–water partition coefficient (Wildman–Crippen LogP) is 2.97. The summed E-state index contributed by atoms with van der Waals surface area (Å²) in [5.74, 6) is 0.590. The van der Waals surface area contributed by atoms with Gasteiger partial charge >= 0.3 is 0 Å². The number of nitrogens with zero attached hydrogens (tertiary/aromatic N) is 5. The van der Waals surface area contributed by atoms with Crippen molar-refractivity contribution in [1.29, 1.82) is 0 Å². The summed E-state index contributed by atoms with van der Waals surface area (Å²) in [6, 6.07) is 6.86. The van der Waals surface area contributed by atoms with Gasteiger partial charge < -0.3 is 14.8 Å². The highest BCUT2D eigenvalue weighted by Crippen LogP contribution is 2.30. The van der Waals surface area contributed by atoms with Crippen LogP contribution in [0.5, 0.6) is 11.6 Å². The summed E-state index contributed by atoms with van der Waals surface area (Å²) in [6.45, 7) is 0.268. The van der Waals surface area contributed by atoms with E-state index in [1.807, 2.05) is 12.1 Å². The topological polar surface area (TPSA) is 104 Å². The largest absolute Gasteiger partial charge is 0.496 e. The number of rotatable bonds is 7. The van der Waals surface area contributed by atoms with Crippen molar-refractivity contribution in [3.8, 4) is 17.3 Å². The lowest BCUT2D eigenvalue weighted by Gasteiger charge is -2.16. The highest BCUT2D eigenvalue weighted by atomic mass is 35.5. The zero-order valence-electron chi connectivity index (χ0n) is 16.4. The number of ether oxygens (including phenoxy) is 2. The van der Waals surface area contributed by atoms with Crippen LogP contribution in [-0.4, -0.2) is 44.3 Å². The maximum absolute atomic E-state index is 12.8. The molecule has 1 aromatic carbocycles. The van der Waals surface area contributed by atoms with Gasteiger partial charge in [-0.05, 0) is 48.2 Å². The van der Waals surface area contributed by atoms with Crippen molar-refractivity contribution in [2.24, 2.45) is 0 Å². The first-order valence-corrected chi connectivity index (χ1v) is 10.0. The molecule has 2 aromatic heterocycles. The minimum atomic E-state index is -0.326. The second-order valence-corrected chi connectivity index (χ2v) is 7.34. The Morgan fingerprint density at radius 3 is 2.90 bits per heavy atom. The minimum absolute atomic E-state index is 0.187. The first kappa shape index (κ1) is 20.1. The molecule has 0 unspecified atom stereocenters. The molecule has 10 heteroatoms. The zero-order chi connectivity index (χ0) is 20.9. The molecule has 0 spiro atoms. The molecule has 1 aliphatic carbocycles. The van der Waals surface area contributed by atoms with E-state index >= 15 is 0 Å². The van der Waals surface area contributed by atoms with E-state index in [2.05, 4.69) is 25.8 Å². The van der Waals surface area contributed by atoms with Crippen molar-refractivity contribution in [2.45, 2.75) is 38.3 Å². The molecule has 156 valence electrons. The van der Waals surface area contributed by atoms with E-state index in [9.17, 15) is 4.79 Å². The average molecular weight is 429 g/mol. The third kappa shape index (κ3) is 4.35. The van der Waals surface area contributed by atoms with E-state index in [4.69, 9.17) is 21.1 Å². The van der Waals surface area contributed by atoms with Gasteiger partial charge in [0.1, 0.15) is 18.2 Å². The Hall–Kier alpha value is -3.20. The molecular weight excluding hydrogens is 408 g/mol. The van der Waals surface area contributed by atoms with Crippen LogP contribution in [0.4, 0.5) is 0 Å². The van der Waals surface area contributed by atoms with Crippen LogP contribution in [0.2, 0.25) is 5.02 Å². The van der Waals surface area contributed by atoms with Gasteiger partial charge in [0.25, 0.3) is 5.91 Å². The Balaban J connectivity index is 1.50. The van der Waals surface area contributed by atoms with E-state index in [1.165, 1.54) is 37.0 Å². The van der Waals surface area contributed by atoms with E-state index in [-0.39, 0.29) is 18.6 Å². The molecule has 30 heavy (non-hydrogen) atoms. The molecular formula is C20H21ClN6O3. The van der Waals surface area contributed by atoms with Crippen molar-refractivity contribution >= 4 is 17.5 Å². The smallest absolute Gasteiger partial charge is 0.255 e. The molecule has 1 aliphatic rings. The number of hydrogen-bond donors (Lipinski definition) is 1. The SMILES string of the molecule is COc1cc(-n2cnnn2)c(Cl)cc1C(=O)NCc1cccnc1OC1CCCC1. The number of tetrazole rings is 1. The quantitative estimate of drug-likeness (QED) is 0.616. The number of carbonyl (C=O) groups is 1. The van der Waals surface area contributed by atoms with Gasteiger partial charge in [-0.2, -0.15) is 4.68 Å². The summed E-state index contributed by atoms with van der Waals surface area (Å²) in [7, 11) is 1.48. The van der Waals surface area contributed by atoms with Gasteiger partial charge in [0, 0.05) is 24.4 Å². The van der Waals surface area contributed by atoms with E-state index in [0.717, 1.165) is 18.4 Å². The molecule has 3 aromatic rings. The lowest BCUT2D eigenvalue weighted by atomic mass is 10.1. The van der Waals surface area contributed by atoms with Gasteiger partial charge in [-0.3, -0.25) is 4.79 Å². The maximum atomic E-state index is 12.8. The zero-order valence-corrected chi connectivity index (χ0v) is 17.2. The first-order chi connectivity index (χ1) is 14.7. The minimum Gasteiger partial charge on any atom is -0.496 e. The molecule has 4 rings (SSSR count). The summed E-state index contributed by atoms with van der Waals surface area (Å²) in [5.41, 5.74) is 1.63. The molecule has 1 fully saturated rings. The van der Waals surface area contributed by atoms with Gasteiger partial charge in [-0.15, -0.1) is 5.10 Å². The Morgan fingerprint density at radius 1 is 1.33 bits per heavy atom. The molecule has 1 saturated carbocycles. The second kappa shape index (κ2) is 9.08. The number of hydrogen-bond acceptors (Lipinski definition) is 7. The van der Waals surface area contributed by atoms with Crippen LogP contribution in [-0.2, 0) is 6.54 Å². The Labute approximate surface area is 178 Å². The van der Waals surface area contributed by atoms with Crippen LogP contribution in [0, 0.1) is 0 Å². The van der Waals surface area contributed by atoms with Gasteiger partial charge in [-0.25, -0.2) is 4.98 Å². The van der Waals surface area contributed by atoms with E-state index in [0.29, 0.717) is 27.9 Å². The summed E-state index contributed by atoms with van der Waals surface area (Å²) in [6.07, 6.45) is 7.70. The molecule has 9 nitrogen and oxygen atoms in total. The summed E-state index contributed by atoms with van der Waals surface area (Å²) >= 11 is 6.35. The summed E-state index contributed by atoms with van der Waals surface area (Å²) < 4.78 is 12.8. The van der Waals surface area contributed by atoms with Crippen molar-refractivity contribution in [2.75, 3.05) is 7.11 Å². The normalized spacial score (nSPS) is 13.9. The molecule has 0 aliphatic heterocycles. The third-order valence-electron chi connectivity index (χ3n) is 4.98. The van der Waals surface area contributed by atoms with Crippen molar-refractivity contribution < 1.29 is 14.3 Å². The molecule has 1 amide bonds. The Bertz CT molecular complexity index is 1020. The predicted molar refractivity (Wildman–Crippen MR) is 109 cm³/mol. The van der Waals surface area contributed by atoms with Crippen LogP contribution >= 0.6 is 11.6 Å². The van der Waals surface area contributed by atoms with Crippen LogP contribution in [0.1, 0.15) is 41.6 Å². The number of pyridine rings is 1. The van der Waals surface area contributed by atoms with Gasteiger partial charge in [0.2, 0.25) is 5.88 Å². The fourth-order valence-electron chi connectivity index (χ4n) is 3.44. The first-order valence-electron chi connectivity index (χ1n) is 9.65. The summed E-state index contributed by atoms with van der Waals surface area (Å²) in [4.78, 5) is 17.2. The number of benzene rings is 1. The Kier molecular flexibility index (Phi) is 6.08. The van der Waals surface area contributed by atoms with Gasteiger partial charge in [-0.1, -0.05) is 17.7 Å². The fraction of sp³-hybridized carbons (Fsp3) is 0.350. The van der Waals surface area contributed by atoms with Crippen LogP contribution in [0.15, 0.2) is 36.8 Å². The number of halogens is 1. The molecule has 0 bridgehead atoms. The molecule has 0 radical (unpaired) electrons. The highest BCUT2D eigenvalue weighted by molar-refractivity contribution is 6.33. The number of nitrogens with one attached hydrogen (secondary N) is 1. The van der Waals surface area contributed by atoms with Gasteiger partial charge in [0.15, 0.2) is 0 Å². The fourth-order valence-corrected chi connectivity index (χ4v) is 3.69. The average Bonchev–Trinajstić information content (AvgIpc) is 3.47. The maximum Gasteiger partial charge on any atom is 0.255 e. The lowest BCUT2D eigenvalue weighted by molar-refractivity contribution is 0.0947. The summed E-state index contributed by atoms with van der Waals surface area (Å²) in [5, 5.41) is 14.2. The standard InChI is InChI=1S/C20H21ClN6O3/c1-29-18-10-17(27-12-24-25-26-27)16(21)9-15(18)19(28)23-11-13-5-4-8-22-20(13)30-14-6-2-3-7-14/h4-5,8-10,12,14H,2-3,6-7,11H2,1H3,(H,23,28). The Morgan fingerprint density at radius 2 is 2.17 bits per heavy atom. The van der Waals surface area contributed by atoms with Crippen LogP contribution in [0.25, 0.3) is 5.69 Å². The molecule has 0 atom stereocenters. The third-order valence-corrected chi connectivity index (χ3v) is 5.28. The number of methoxy groups -OCH3 is 1. The van der Waals surface area contributed by atoms with E-state index in [1.54, 1.807) is 12.3 Å². The van der Waals surface area contributed by atoms with Crippen molar-refractivity contribution in [1.82, 2.24) is 30.5 Å². The van der Waals surface area contributed by atoms with E-state index < -0.39 is 0 Å². The van der Waals surface area contributed by atoms with Crippen molar-refractivity contribution in [3.63, 3.8) is 0 Å². The highest BCUT2D eigenvalue weighted by Gasteiger charge is 2.20. The van der Waals surface area contributed by atoms with Gasteiger partial charge in [0.05, 0.1) is 23.4 Å². The van der Waals surface area contributed by atoms with Crippen LogP contribution < -0.4 is 14.8 Å². The monoisotopic (exact) mass is 428 g/mol. The van der Waals surface area contributed by atoms with Crippen LogP contribution in [0.3, 0.4) is 0 Å². The number of carbonyl (C=O) groups excluding carboxylic acids is 1.